The van der Waals surface area contributed by atoms with Gasteiger partial charge in [0.05, 0.1) is 11.0 Å². The van der Waals surface area contributed by atoms with Crippen molar-refractivity contribution in [3.63, 3.8) is 0 Å². The average Bonchev–Trinajstić information content (AvgIpc) is 2.96. The Morgan fingerprint density at radius 2 is 2.32 bits per heavy atom. The van der Waals surface area contributed by atoms with Gasteiger partial charge in [0.2, 0.25) is 0 Å². The van der Waals surface area contributed by atoms with Crippen molar-refractivity contribution in [1.82, 2.24) is 9.88 Å². The third kappa shape index (κ3) is 3.92. The summed E-state index contributed by atoms with van der Waals surface area (Å²) in [5.74, 6) is 0.700. The Labute approximate surface area is 129 Å². The fraction of sp³-hybridized carbons (Fsp3) is 0.667. The Bertz CT molecular complexity index is 502. The van der Waals surface area contributed by atoms with Gasteiger partial charge in [0.25, 0.3) is 5.69 Å². The van der Waals surface area contributed by atoms with Crippen molar-refractivity contribution in [3.05, 3.63) is 28.4 Å². The van der Waals surface area contributed by atoms with Crippen LogP contribution in [-0.2, 0) is 4.74 Å². The van der Waals surface area contributed by atoms with Crippen LogP contribution in [0.4, 0.5) is 11.5 Å². The quantitative estimate of drug-likeness (QED) is 0.662. The van der Waals surface area contributed by atoms with E-state index in [2.05, 4.69) is 15.2 Å². The van der Waals surface area contributed by atoms with E-state index in [0.29, 0.717) is 18.0 Å². The molecule has 3 rings (SSSR count). The molecule has 1 aromatic rings. The van der Waals surface area contributed by atoms with Gasteiger partial charge < -0.3 is 10.1 Å². The third-order valence-electron chi connectivity index (χ3n) is 4.32. The zero-order chi connectivity index (χ0) is 15.4. The van der Waals surface area contributed by atoms with Gasteiger partial charge in [-0.15, -0.1) is 0 Å². The van der Waals surface area contributed by atoms with E-state index in [0.717, 1.165) is 32.7 Å². The molecule has 2 fully saturated rings. The van der Waals surface area contributed by atoms with E-state index in [1.807, 2.05) is 0 Å². The molecule has 2 aliphatic heterocycles. The summed E-state index contributed by atoms with van der Waals surface area (Å²) in [6.45, 7) is 3.93. The van der Waals surface area contributed by atoms with Crippen LogP contribution in [-0.4, -0.2) is 53.2 Å². The van der Waals surface area contributed by atoms with Gasteiger partial charge in [0.15, 0.2) is 0 Å². The van der Waals surface area contributed by atoms with Gasteiger partial charge in [0, 0.05) is 38.3 Å². The molecule has 7 heteroatoms. The Morgan fingerprint density at radius 1 is 1.41 bits per heavy atom. The predicted octanol–water partition coefficient (Wildman–Crippen LogP) is 2.05. The summed E-state index contributed by atoms with van der Waals surface area (Å²) < 4.78 is 5.79. The lowest BCUT2D eigenvalue weighted by Gasteiger charge is -2.27. The first kappa shape index (κ1) is 15.2. The van der Waals surface area contributed by atoms with E-state index in [1.54, 1.807) is 6.07 Å². The molecular formula is C15H22N4O3. The number of pyridine rings is 1. The first-order chi connectivity index (χ1) is 10.7. The zero-order valence-electron chi connectivity index (χ0n) is 12.6. The van der Waals surface area contributed by atoms with Crippen molar-refractivity contribution in [2.24, 2.45) is 0 Å². The highest BCUT2D eigenvalue weighted by atomic mass is 16.6. The fourth-order valence-corrected chi connectivity index (χ4v) is 3.14. The second-order valence-electron chi connectivity index (χ2n) is 6.04. The summed E-state index contributed by atoms with van der Waals surface area (Å²) in [6.07, 6.45) is 6.36. The number of hydrogen-bond acceptors (Lipinski definition) is 6. The van der Waals surface area contributed by atoms with Gasteiger partial charge in [0.1, 0.15) is 12.0 Å². The molecule has 0 saturated carbocycles. The molecule has 1 N–H and O–H groups in total. The van der Waals surface area contributed by atoms with Crippen molar-refractivity contribution in [1.29, 1.82) is 0 Å². The van der Waals surface area contributed by atoms with Gasteiger partial charge in [-0.2, -0.15) is 0 Å². The maximum Gasteiger partial charge on any atom is 0.287 e. The molecule has 2 aliphatic rings. The number of anilines is 1. The highest BCUT2D eigenvalue weighted by Crippen LogP contribution is 2.19. The molecule has 0 aromatic carbocycles. The fourth-order valence-electron chi connectivity index (χ4n) is 3.14. The number of hydrogen-bond donors (Lipinski definition) is 1. The minimum Gasteiger partial charge on any atom is -0.377 e. The van der Waals surface area contributed by atoms with Crippen LogP contribution in [0.3, 0.4) is 0 Å². The number of rotatable bonds is 5. The lowest BCUT2D eigenvalue weighted by molar-refractivity contribution is -0.385. The van der Waals surface area contributed by atoms with Crippen molar-refractivity contribution >= 4 is 11.5 Å². The zero-order valence-corrected chi connectivity index (χ0v) is 12.6. The van der Waals surface area contributed by atoms with Gasteiger partial charge in [-0.3, -0.25) is 15.0 Å². The van der Waals surface area contributed by atoms with Crippen molar-refractivity contribution in [2.45, 2.75) is 37.8 Å². The monoisotopic (exact) mass is 306 g/mol. The first-order valence-corrected chi connectivity index (χ1v) is 7.91. The van der Waals surface area contributed by atoms with E-state index in [-0.39, 0.29) is 5.69 Å². The molecule has 2 atom stereocenters. The second kappa shape index (κ2) is 7.02. The lowest BCUT2D eigenvalue weighted by Crippen LogP contribution is -2.35. The number of nitrogens with one attached hydrogen (secondary N) is 1. The molecule has 0 amide bonds. The van der Waals surface area contributed by atoms with E-state index >= 15 is 0 Å². The number of ether oxygens (including phenoxy) is 1. The molecule has 0 aliphatic carbocycles. The molecule has 0 bridgehead atoms. The van der Waals surface area contributed by atoms with Crippen LogP contribution in [0.1, 0.15) is 25.7 Å². The van der Waals surface area contributed by atoms with Crippen LogP contribution in [0.2, 0.25) is 0 Å². The number of nitrogens with zero attached hydrogens (tertiary/aromatic N) is 3. The number of likely N-dealkylation sites (tertiary alicyclic amines) is 1. The molecule has 1 aromatic heterocycles. The predicted molar refractivity (Wildman–Crippen MR) is 83.0 cm³/mol. The van der Waals surface area contributed by atoms with Crippen LogP contribution in [0.15, 0.2) is 18.3 Å². The van der Waals surface area contributed by atoms with Crippen LogP contribution in [0, 0.1) is 10.1 Å². The third-order valence-corrected chi connectivity index (χ3v) is 4.32. The summed E-state index contributed by atoms with van der Waals surface area (Å²) in [4.78, 5) is 16.7. The van der Waals surface area contributed by atoms with Gasteiger partial charge in [-0.05, 0) is 31.7 Å². The maximum absolute atomic E-state index is 10.6. The Kier molecular flexibility index (Phi) is 4.84. The topological polar surface area (TPSA) is 80.5 Å². The summed E-state index contributed by atoms with van der Waals surface area (Å²) in [5, 5.41) is 14.0. The molecule has 0 spiro atoms. The minimum absolute atomic E-state index is 0.0213. The van der Waals surface area contributed by atoms with Crippen LogP contribution in [0.25, 0.3) is 0 Å². The molecule has 2 unspecified atom stereocenters. The molecule has 3 heterocycles. The molecular weight excluding hydrogens is 284 g/mol. The van der Waals surface area contributed by atoms with E-state index in [1.165, 1.54) is 31.5 Å². The second-order valence-corrected chi connectivity index (χ2v) is 6.04. The Morgan fingerprint density at radius 3 is 3.00 bits per heavy atom. The molecule has 120 valence electrons. The van der Waals surface area contributed by atoms with E-state index in [9.17, 15) is 10.1 Å². The summed E-state index contributed by atoms with van der Waals surface area (Å²) >= 11 is 0. The lowest BCUT2D eigenvalue weighted by atomic mass is 10.1. The van der Waals surface area contributed by atoms with Crippen LogP contribution in [0.5, 0.6) is 0 Å². The highest BCUT2D eigenvalue weighted by molar-refractivity contribution is 5.41. The van der Waals surface area contributed by atoms with Crippen molar-refractivity contribution in [3.8, 4) is 0 Å². The maximum atomic E-state index is 10.6. The number of aromatic nitrogens is 1. The average molecular weight is 306 g/mol. The summed E-state index contributed by atoms with van der Waals surface area (Å²) in [7, 11) is 0. The molecule has 2 saturated heterocycles. The van der Waals surface area contributed by atoms with Crippen molar-refractivity contribution in [2.75, 3.05) is 31.6 Å². The largest absolute Gasteiger partial charge is 0.377 e. The highest BCUT2D eigenvalue weighted by Gasteiger charge is 2.26. The standard InChI is InChI=1S/C15H22N4O3/c20-19(21)13-4-5-15(16-9-13)17-12-6-7-18(10-12)11-14-3-1-2-8-22-14/h4-5,9,12,14H,1-3,6-8,10-11H2,(H,16,17). The first-order valence-electron chi connectivity index (χ1n) is 7.91. The van der Waals surface area contributed by atoms with Crippen molar-refractivity contribution < 1.29 is 9.66 Å². The molecule has 7 nitrogen and oxygen atoms in total. The SMILES string of the molecule is O=[N+]([O-])c1ccc(NC2CCN(CC3CCCCO3)C2)nc1. The summed E-state index contributed by atoms with van der Waals surface area (Å²) in [5.41, 5.74) is 0.0213. The minimum atomic E-state index is -0.432. The summed E-state index contributed by atoms with van der Waals surface area (Å²) in [6, 6.07) is 3.50. The molecule has 0 radical (unpaired) electrons. The normalized spacial score (nSPS) is 26.0. The van der Waals surface area contributed by atoms with E-state index in [4.69, 9.17) is 4.74 Å². The van der Waals surface area contributed by atoms with Crippen LogP contribution >= 0.6 is 0 Å². The Balaban J connectivity index is 1.47. The molecule has 22 heavy (non-hydrogen) atoms. The van der Waals surface area contributed by atoms with Gasteiger partial charge in [-0.1, -0.05) is 0 Å². The van der Waals surface area contributed by atoms with Gasteiger partial charge >= 0.3 is 0 Å². The van der Waals surface area contributed by atoms with Gasteiger partial charge in [-0.25, -0.2) is 4.98 Å². The Hall–Kier alpha value is -1.73. The number of nitro groups is 1. The van der Waals surface area contributed by atoms with Crippen LogP contribution < -0.4 is 5.32 Å². The van der Waals surface area contributed by atoms with E-state index < -0.39 is 4.92 Å². The smallest absolute Gasteiger partial charge is 0.287 e.